The van der Waals surface area contributed by atoms with Gasteiger partial charge in [-0.1, -0.05) is 44.5 Å². The van der Waals surface area contributed by atoms with Gasteiger partial charge >= 0.3 is 0 Å². The van der Waals surface area contributed by atoms with Crippen molar-refractivity contribution in [2.75, 3.05) is 6.54 Å². The molecule has 1 aromatic rings. The molecule has 0 aromatic heterocycles. The van der Waals surface area contributed by atoms with E-state index in [-0.39, 0.29) is 0 Å². The highest BCUT2D eigenvalue weighted by Crippen LogP contribution is 2.54. The number of benzene rings is 1. The molecule has 2 aliphatic rings. The molecule has 0 aliphatic heterocycles. The smallest absolute Gasteiger partial charge is 0.0374 e. The first-order chi connectivity index (χ1) is 8.73. The lowest BCUT2D eigenvalue weighted by molar-refractivity contribution is 0.371. The zero-order valence-electron chi connectivity index (χ0n) is 11.7. The minimum Gasteiger partial charge on any atom is -0.310 e. The Morgan fingerprint density at radius 3 is 2.67 bits per heavy atom. The van der Waals surface area contributed by atoms with Crippen LogP contribution in [0.15, 0.2) is 24.3 Å². The van der Waals surface area contributed by atoms with E-state index in [0.29, 0.717) is 11.5 Å². The molecule has 1 heteroatoms. The van der Waals surface area contributed by atoms with Crippen molar-refractivity contribution in [2.24, 2.45) is 5.41 Å². The van der Waals surface area contributed by atoms with Gasteiger partial charge in [-0.25, -0.2) is 0 Å². The van der Waals surface area contributed by atoms with Gasteiger partial charge in [-0.15, -0.1) is 0 Å². The maximum atomic E-state index is 3.70. The first kappa shape index (κ1) is 12.2. The predicted octanol–water partition coefficient (Wildman–Crippen LogP) is 4.40. The molecule has 0 amide bonds. The zero-order chi connectivity index (χ0) is 12.6. The molecule has 0 heterocycles. The van der Waals surface area contributed by atoms with E-state index in [1.807, 2.05) is 0 Å². The molecule has 0 saturated heterocycles. The summed E-state index contributed by atoms with van der Waals surface area (Å²) in [4.78, 5) is 0. The molecule has 1 unspecified atom stereocenters. The minimum absolute atomic E-state index is 0.508. The Kier molecular flexibility index (Phi) is 3.19. The third-order valence-corrected chi connectivity index (χ3v) is 4.96. The van der Waals surface area contributed by atoms with Gasteiger partial charge in [0.1, 0.15) is 0 Å². The Morgan fingerprint density at radius 1 is 1.33 bits per heavy atom. The molecular formula is C17H25N. The van der Waals surface area contributed by atoms with Crippen LogP contribution < -0.4 is 5.32 Å². The summed E-state index contributed by atoms with van der Waals surface area (Å²) in [6, 6.07) is 9.94. The molecule has 0 bridgehead atoms. The van der Waals surface area contributed by atoms with Gasteiger partial charge in [0.05, 0.1) is 0 Å². The Morgan fingerprint density at radius 2 is 2.11 bits per heavy atom. The van der Waals surface area contributed by atoms with Gasteiger partial charge in [0.2, 0.25) is 0 Å². The lowest BCUT2D eigenvalue weighted by Crippen LogP contribution is -2.28. The normalized spacial score (nSPS) is 23.4. The summed E-state index contributed by atoms with van der Waals surface area (Å²) in [5.41, 5.74) is 3.60. The number of nitrogens with one attached hydrogen (secondary N) is 1. The molecule has 2 saturated carbocycles. The second-order valence-electron chi connectivity index (χ2n) is 6.44. The average Bonchev–Trinajstić information content (AvgIpc) is 3.03. The van der Waals surface area contributed by atoms with Gasteiger partial charge in [-0.05, 0) is 54.7 Å². The molecule has 98 valence electrons. The van der Waals surface area contributed by atoms with Gasteiger partial charge in [0, 0.05) is 6.04 Å². The summed E-state index contributed by atoms with van der Waals surface area (Å²) >= 11 is 0. The van der Waals surface area contributed by atoms with E-state index >= 15 is 0 Å². The fraction of sp³-hybridized carbons (Fsp3) is 0.647. The third-order valence-electron chi connectivity index (χ3n) is 4.96. The van der Waals surface area contributed by atoms with E-state index in [0.717, 1.165) is 12.5 Å². The van der Waals surface area contributed by atoms with E-state index in [1.165, 1.54) is 37.7 Å². The number of hydrogen-bond acceptors (Lipinski definition) is 1. The van der Waals surface area contributed by atoms with Crippen molar-refractivity contribution in [3.63, 3.8) is 0 Å². The SMILES string of the molecule is CCNC(c1cccc(C2CCC2)c1)C1(C)CC1. The third kappa shape index (κ3) is 2.21. The Bertz CT molecular complexity index is 415. The highest BCUT2D eigenvalue weighted by molar-refractivity contribution is 5.31. The lowest BCUT2D eigenvalue weighted by atomic mass is 9.78. The molecular weight excluding hydrogens is 218 g/mol. The van der Waals surface area contributed by atoms with Crippen LogP contribution in [0.25, 0.3) is 0 Å². The van der Waals surface area contributed by atoms with E-state index in [1.54, 1.807) is 5.56 Å². The van der Waals surface area contributed by atoms with Gasteiger partial charge in [0.15, 0.2) is 0 Å². The molecule has 2 aliphatic carbocycles. The fourth-order valence-corrected chi connectivity index (χ4v) is 3.19. The van der Waals surface area contributed by atoms with Crippen molar-refractivity contribution < 1.29 is 0 Å². The lowest BCUT2D eigenvalue weighted by Gasteiger charge is -2.29. The Labute approximate surface area is 111 Å². The highest BCUT2D eigenvalue weighted by atomic mass is 14.9. The van der Waals surface area contributed by atoms with E-state index in [2.05, 4.69) is 43.4 Å². The molecule has 0 spiro atoms. The van der Waals surface area contributed by atoms with Crippen LogP contribution in [0.5, 0.6) is 0 Å². The van der Waals surface area contributed by atoms with Crippen molar-refractivity contribution >= 4 is 0 Å². The number of rotatable bonds is 5. The van der Waals surface area contributed by atoms with Crippen molar-refractivity contribution in [3.05, 3.63) is 35.4 Å². The summed E-state index contributed by atoms with van der Waals surface area (Å²) in [7, 11) is 0. The van der Waals surface area contributed by atoms with Crippen LogP contribution in [0, 0.1) is 5.41 Å². The maximum Gasteiger partial charge on any atom is 0.0374 e. The topological polar surface area (TPSA) is 12.0 Å². The minimum atomic E-state index is 0.508. The van der Waals surface area contributed by atoms with Crippen LogP contribution in [-0.4, -0.2) is 6.54 Å². The summed E-state index contributed by atoms with van der Waals surface area (Å²) in [5.74, 6) is 0.847. The van der Waals surface area contributed by atoms with Crippen LogP contribution in [0.4, 0.5) is 0 Å². The predicted molar refractivity (Wildman–Crippen MR) is 76.8 cm³/mol. The molecule has 1 nitrogen and oxygen atoms in total. The molecule has 1 atom stereocenters. The van der Waals surface area contributed by atoms with Crippen LogP contribution >= 0.6 is 0 Å². The van der Waals surface area contributed by atoms with Crippen molar-refractivity contribution in [2.45, 2.75) is 57.9 Å². The molecule has 1 aromatic carbocycles. The second kappa shape index (κ2) is 4.70. The molecule has 3 rings (SSSR count). The second-order valence-corrected chi connectivity index (χ2v) is 6.44. The molecule has 0 radical (unpaired) electrons. The van der Waals surface area contributed by atoms with Gasteiger partial charge in [-0.2, -0.15) is 0 Å². The van der Waals surface area contributed by atoms with Crippen molar-refractivity contribution in [1.82, 2.24) is 5.32 Å². The van der Waals surface area contributed by atoms with Crippen LogP contribution in [0.1, 0.15) is 69.0 Å². The van der Waals surface area contributed by atoms with E-state index < -0.39 is 0 Å². The van der Waals surface area contributed by atoms with Gasteiger partial charge in [-0.3, -0.25) is 0 Å². The summed E-state index contributed by atoms with van der Waals surface area (Å²) < 4.78 is 0. The van der Waals surface area contributed by atoms with Crippen LogP contribution in [0.2, 0.25) is 0 Å². The quantitative estimate of drug-likeness (QED) is 0.808. The Hall–Kier alpha value is -0.820. The first-order valence-corrected chi connectivity index (χ1v) is 7.56. The standard InChI is InChI=1S/C17H25N/c1-3-18-16(17(2)10-11-17)15-9-5-8-14(12-15)13-6-4-7-13/h5,8-9,12-13,16,18H,3-4,6-7,10-11H2,1-2H3. The average molecular weight is 243 g/mol. The maximum absolute atomic E-state index is 3.70. The van der Waals surface area contributed by atoms with Gasteiger partial charge < -0.3 is 5.32 Å². The highest BCUT2D eigenvalue weighted by Gasteiger charge is 2.45. The largest absolute Gasteiger partial charge is 0.310 e. The monoisotopic (exact) mass is 243 g/mol. The fourth-order valence-electron chi connectivity index (χ4n) is 3.19. The zero-order valence-corrected chi connectivity index (χ0v) is 11.7. The first-order valence-electron chi connectivity index (χ1n) is 7.56. The Balaban J connectivity index is 1.84. The summed E-state index contributed by atoms with van der Waals surface area (Å²) in [6.07, 6.45) is 6.96. The summed E-state index contributed by atoms with van der Waals surface area (Å²) in [5, 5.41) is 3.70. The number of hydrogen-bond donors (Lipinski definition) is 1. The van der Waals surface area contributed by atoms with Gasteiger partial charge in [0.25, 0.3) is 0 Å². The molecule has 2 fully saturated rings. The summed E-state index contributed by atoms with van der Waals surface area (Å²) in [6.45, 7) is 5.71. The van der Waals surface area contributed by atoms with E-state index in [4.69, 9.17) is 0 Å². The van der Waals surface area contributed by atoms with Crippen molar-refractivity contribution in [3.8, 4) is 0 Å². The van der Waals surface area contributed by atoms with Crippen LogP contribution in [-0.2, 0) is 0 Å². The van der Waals surface area contributed by atoms with E-state index in [9.17, 15) is 0 Å². The molecule has 1 N–H and O–H groups in total. The van der Waals surface area contributed by atoms with Crippen LogP contribution in [0.3, 0.4) is 0 Å². The van der Waals surface area contributed by atoms with Crippen molar-refractivity contribution in [1.29, 1.82) is 0 Å². The molecule has 18 heavy (non-hydrogen) atoms.